The first-order valence-electron chi connectivity index (χ1n) is 4.09. The van der Waals surface area contributed by atoms with E-state index in [9.17, 15) is 0 Å². The third kappa shape index (κ3) is 2.45. The van der Waals surface area contributed by atoms with Crippen LogP contribution < -0.4 is 5.32 Å². The summed E-state index contributed by atoms with van der Waals surface area (Å²) >= 11 is 0. The number of anilines is 1. The van der Waals surface area contributed by atoms with Crippen molar-refractivity contribution < 1.29 is 0 Å². The van der Waals surface area contributed by atoms with E-state index in [0.29, 0.717) is 0 Å². The maximum atomic E-state index is 5.34. The first kappa shape index (κ1) is 9.53. The van der Waals surface area contributed by atoms with Gasteiger partial charge in [-0.3, -0.25) is 4.98 Å². The second-order valence-electron chi connectivity index (χ2n) is 3.38. The van der Waals surface area contributed by atoms with E-state index in [0.717, 1.165) is 11.5 Å². The molecule has 0 fully saturated rings. The Morgan fingerprint density at radius 1 is 1.38 bits per heavy atom. The summed E-state index contributed by atoms with van der Waals surface area (Å²) in [6, 6.07) is 0. The number of hydrogen-bond acceptors (Lipinski definition) is 3. The molecule has 0 unspecified atom stereocenters. The number of terminal acetylenes is 1. The van der Waals surface area contributed by atoms with Crippen LogP contribution in [0.15, 0.2) is 12.4 Å². The minimum Gasteiger partial charge on any atom is -0.353 e. The van der Waals surface area contributed by atoms with Crippen molar-refractivity contribution in [3.63, 3.8) is 0 Å². The Hall–Kier alpha value is -1.56. The van der Waals surface area contributed by atoms with Gasteiger partial charge in [-0.25, -0.2) is 4.98 Å². The largest absolute Gasteiger partial charge is 0.353 e. The highest BCUT2D eigenvalue weighted by molar-refractivity contribution is 5.43. The lowest BCUT2D eigenvalue weighted by atomic mass is 10.1. The van der Waals surface area contributed by atoms with E-state index in [2.05, 4.69) is 21.2 Å². The standard InChI is InChI=1S/C10H13N3/c1-5-10(3,4)13-9-8(2)11-6-7-12-9/h1,6-7H,2-4H3,(H,12,13). The molecule has 0 aliphatic carbocycles. The Labute approximate surface area is 78.6 Å². The van der Waals surface area contributed by atoms with Crippen LogP contribution in [0.3, 0.4) is 0 Å². The number of hydrogen-bond donors (Lipinski definition) is 1. The van der Waals surface area contributed by atoms with Crippen molar-refractivity contribution in [2.45, 2.75) is 26.3 Å². The molecule has 0 saturated heterocycles. The predicted octanol–water partition coefficient (Wildman–Crippen LogP) is 1.61. The zero-order valence-corrected chi connectivity index (χ0v) is 8.13. The van der Waals surface area contributed by atoms with E-state index in [4.69, 9.17) is 6.42 Å². The summed E-state index contributed by atoms with van der Waals surface area (Å²) in [5, 5.41) is 3.13. The van der Waals surface area contributed by atoms with Crippen LogP contribution in [-0.4, -0.2) is 15.5 Å². The third-order valence-corrected chi connectivity index (χ3v) is 1.67. The highest BCUT2D eigenvalue weighted by atomic mass is 15.1. The van der Waals surface area contributed by atoms with Crippen molar-refractivity contribution in [2.75, 3.05) is 5.32 Å². The second-order valence-corrected chi connectivity index (χ2v) is 3.38. The molecule has 1 rings (SSSR count). The Balaban J connectivity index is 2.88. The smallest absolute Gasteiger partial charge is 0.148 e. The molecule has 13 heavy (non-hydrogen) atoms. The fraction of sp³-hybridized carbons (Fsp3) is 0.400. The number of aryl methyl sites for hydroxylation is 1. The van der Waals surface area contributed by atoms with E-state index in [1.165, 1.54) is 0 Å². The molecule has 0 aliphatic heterocycles. The lowest BCUT2D eigenvalue weighted by molar-refractivity contribution is 0.732. The summed E-state index contributed by atoms with van der Waals surface area (Å²) in [4.78, 5) is 8.25. The van der Waals surface area contributed by atoms with Gasteiger partial charge in [0.05, 0.1) is 11.2 Å². The lowest BCUT2D eigenvalue weighted by Crippen LogP contribution is -2.29. The van der Waals surface area contributed by atoms with Crippen LogP contribution in [0.25, 0.3) is 0 Å². The lowest BCUT2D eigenvalue weighted by Gasteiger charge is -2.20. The van der Waals surface area contributed by atoms with Gasteiger partial charge in [0, 0.05) is 12.4 Å². The van der Waals surface area contributed by atoms with Gasteiger partial charge in [-0.05, 0) is 20.8 Å². The third-order valence-electron chi connectivity index (χ3n) is 1.67. The molecule has 0 atom stereocenters. The molecule has 1 aromatic rings. The van der Waals surface area contributed by atoms with E-state index in [1.807, 2.05) is 20.8 Å². The van der Waals surface area contributed by atoms with E-state index < -0.39 is 0 Å². The number of rotatable bonds is 2. The van der Waals surface area contributed by atoms with Gasteiger partial charge in [0.25, 0.3) is 0 Å². The first-order chi connectivity index (χ1) is 6.05. The van der Waals surface area contributed by atoms with E-state index in [1.54, 1.807) is 12.4 Å². The highest BCUT2D eigenvalue weighted by Gasteiger charge is 2.14. The predicted molar refractivity (Wildman–Crippen MR) is 53.3 cm³/mol. The van der Waals surface area contributed by atoms with Gasteiger partial charge in [-0.15, -0.1) is 6.42 Å². The van der Waals surface area contributed by atoms with Crippen LogP contribution in [0.4, 0.5) is 5.82 Å². The number of nitrogens with one attached hydrogen (secondary N) is 1. The average Bonchev–Trinajstić information content (AvgIpc) is 2.09. The zero-order valence-electron chi connectivity index (χ0n) is 8.13. The maximum absolute atomic E-state index is 5.34. The number of nitrogens with zero attached hydrogens (tertiary/aromatic N) is 2. The summed E-state index contributed by atoms with van der Waals surface area (Å²) in [5.41, 5.74) is 0.465. The van der Waals surface area contributed by atoms with Crippen molar-refractivity contribution in [1.29, 1.82) is 0 Å². The topological polar surface area (TPSA) is 37.8 Å². The summed E-state index contributed by atoms with van der Waals surface area (Å²) in [7, 11) is 0. The molecule has 0 spiro atoms. The van der Waals surface area contributed by atoms with Crippen molar-refractivity contribution >= 4 is 5.82 Å². The van der Waals surface area contributed by atoms with Gasteiger partial charge in [0.2, 0.25) is 0 Å². The van der Waals surface area contributed by atoms with Crippen molar-refractivity contribution in [1.82, 2.24) is 9.97 Å². The van der Waals surface area contributed by atoms with Crippen LogP contribution >= 0.6 is 0 Å². The molecule has 0 saturated carbocycles. The normalized spacial score (nSPS) is 10.6. The minimum atomic E-state index is -0.388. The molecular formula is C10H13N3. The van der Waals surface area contributed by atoms with E-state index in [-0.39, 0.29) is 5.54 Å². The molecule has 1 aromatic heterocycles. The number of aromatic nitrogens is 2. The van der Waals surface area contributed by atoms with Gasteiger partial charge in [0.15, 0.2) is 0 Å². The van der Waals surface area contributed by atoms with Crippen LogP contribution in [0.5, 0.6) is 0 Å². The van der Waals surface area contributed by atoms with Crippen molar-refractivity contribution in [2.24, 2.45) is 0 Å². The molecule has 0 aliphatic rings. The molecule has 0 bridgehead atoms. The molecule has 0 radical (unpaired) electrons. The minimum absolute atomic E-state index is 0.388. The van der Waals surface area contributed by atoms with Crippen molar-refractivity contribution in [3.05, 3.63) is 18.1 Å². The van der Waals surface area contributed by atoms with Crippen LogP contribution in [0.2, 0.25) is 0 Å². The van der Waals surface area contributed by atoms with Gasteiger partial charge in [-0.1, -0.05) is 5.92 Å². The monoisotopic (exact) mass is 175 g/mol. The summed E-state index contributed by atoms with van der Waals surface area (Å²) in [6.45, 7) is 5.73. The van der Waals surface area contributed by atoms with Gasteiger partial charge in [-0.2, -0.15) is 0 Å². The summed E-state index contributed by atoms with van der Waals surface area (Å²) in [5.74, 6) is 3.38. The second kappa shape index (κ2) is 3.44. The van der Waals surface area contributed by atoms with Gasteiger partial charge >= 0.3 is 0 Å². The molecule has 68 valence electrons. The average molecular weight is 175 g/mol. The maximum Gasteiger partial charge on any atom is 0.148 e. The zero-order chi connectivity index (χ0) is 9.90. The first-order valence-corrected chi connectivity index (χ1v) is 4.09. The van der Waals surface area contributed by atoms with Gasteiger partial charge in [0.1, 0.15) is 5.82 Å². The molecule has 1 heterocycles. The van der Waals surface area contributed by atoms with Crippen molar-refractivity contribution in [3.8, 4) is 12.3 Å². The highest BCUT2D eigenvalue weighted by Crippen LogP contribution is 2.13. The Bertz CT molecular complexity index is 336. The fourth-order valence-corrected chi connectivity index (χ4v) is 0.862. The summed E-state index contributed by atoms with van der Waals surface area (Å²) < 4.78 is 0. The van der Waals surface area contributed by atoms with E-state index >= 15 is 0 Å². The Morgan fingerprint density at radius 2 is 2.00 bits per heavy atom. The Kier molecular flexibility index (Phi) is 2.52. The van der Waals surface area contributed by atoms with Gasteiger partial charge < -0.3 is 5.32 Å². The fourth-order valence-electron chi connectivity index (χ4n) is 0.862. The molecule has 3 heteroatoms. The SMILES string of the molecule is C#CC(C)(C)Nc1nccnc1C. The van der Waals surface area contributed by atoms with Crippen LogP contribution in [0, 0.1) is 19.3 Å². The molecule has 3 nitrogen and oxygen atoms in total. The molecule has 0 amide bonds. The molecule has 0 aromatic carbocycles. The quantitative estimate of drug-likeness (QED) is 0.694. The van der Waals surface area contributed by atoms with Crippen LogP contribution in [0.1, 0.15) is 19.5 Å². The molecular weight excluding hydrogens is 162 g/mol. The van der Waals surface area contributed by atoms with Crippen LogP contribution in [-0.2, 0) is 0 Å². The molecule has 1 N–H and O–H groups in total. The summed E-state index contributed by atoms with van der Waals surface area (Å²) in [6.07, 6.45) is 8.64. The Morgan fingerprint density at radius 3 is 2.54 bits per heavy atom.